The van der Waals surface area contributed by atoms with E-state index in [1.54, 1.807) is 28.0 Å². The molecule has 1 aromatic carbocycles. The van der Waals surface area contributed by atoms with Gasteiger partial charge in [-0.15, -0.1) is 0 Å². The van der Waals surface area contributed by atoms with Crippen LogP contribution < -0.4 is 9.47 Å². The predicted molar refractivity (Wildman–Crippen MR) is 88.6 cm³/mol. The van der Waals surface area contributed by atoms with Gasteiger partial charge >= 0.3 is 6.09 Å². The van der Waals surface area contributed by atoms with Crippen LogP contribution in [0.3, 0.4) is 0 Å². The van der Waals surface area contributed by atoms with Crippen molar-refractivity contribution < 1.29 is 23.8 Å². The lowest BCUT2D eigenvalue weighted by Gasteiger charge is -2.34. The van der Waals surface area contributed by atoms with Crippen molar-refractivity contribution in [3.05, 3.63) is 36.4 Å². The maximum Gasteiger partial charge on any atom is 0.410 e. The summed E-state index contributed by atoms with van der Waals surface area (Å²) in [5.41, 5.74) is 0.494. The van der Waals surface area contributed by atoms with Crippen molar-refractivity contribution in [3.63, 3.8) is 0 Å². The molecule has 130 valence electrons. The highest BCUT2D eigenvalue weighted by atomic mass is 16.6. The third-order valence-corrected chi connectivity index (χ3v) is 3.75. The molecule has 0 radical (unpaired) electrons. The summed E-state index contributed by atoms with van der Waals surface area (Å²) in [6.45, 7) is 5.45. The van der Waals surface area contributed by atoms with Gasteiger partial charge in [-0.05, 0) is 12.1 Å². The molecule has 0 aromatic heterocycles. The van der Waals surface area contributed by atoms with Crippen molar-refractivity contribution in [2.45, 2.75) is 0 Å². The Balaban J connectivity index is 2.00. The topological polar surface area (TPSA) is 68.3 Å². The second kappa shape index (κ2) is 8.24. The highest BCUT2D eigenvalue weighted by Crippen LogP contribution is 2.23. The standard InChI is InChI=1S/C17H22N2O5/c1-4-9-24-17(21)19-7-5-18(6-8-19)16(20)13-10-14(22-2)12-15(11-13)23-3/h4,10-12H,1,5-9H2,2-3H3. The number of carbonyl (C=O) groups excluding carboxylic acids is 2. The molecule has 0 unspecified atom stereocenters. The minimum Gasteiger partial charge on any atom is -0.497 e. The van der Waals surface area contributed by atoms with Crippen LogP contribution in [0, 0.1) is 0 Å². The minimum absolute atomic E-state index is 0.119. The van der Waals surface area contributed by atoms with Crippen LogP contribution in [0.25, 0.3) is 0 Å². The number of methoxy groups -OCH3 is 2. The number of nitrogens with zero attached hydrogens (tertiary/aromatic N) is 2. The molecule has 1 heterocycles. The van der Waals surface area contributed by atoms with E-state index in [-0.39, 0.29) is 18.6 Å². The average molecular weight is 334 g/mol. The van der Waals surface area contributed by atoms with Gasteiger partial charge < -0.3 is 24.0 Å². The van der Waals surface area contributed by atoms with Gasteiger partial charge in [-0.3, -0.25) is 4.79 Å². The summed E-state index contributed by atoms with van der Waals surface area (Å²) in [6, 6.07) is 5.06. The van der Waals surface area contributed by atoms with E-state index in [1.807, 2.05) is 0 Å². The zero-order valence-electron chi connectivity index (χ0n) is 14.0. The smallest absolute Gasteiger partial charge is 0.410 e. The van der Waals surface area contributed by atoms with Gasteiger partial charge in [0.15, 0.2) is 0 Å². The fraction of sp³-hybridized carbons (Fsp3) is 0.412. The molecular weight excluding hydrogens is 312 g/mol. The summed E-state index contributed by atoms with van der Waals surface area (Å²) in [7, 11) is 3.08. The fourth-order valence-corrected chi connectivity index (χ4v) is 2.43. The molecule has 2 rings (SSSR count). The Hall–Kier alpha value is -2.70. The van der Waals surface area contributed by atoms with Crippen molar-refractivity contribution in [2.24, 2.45) is 0 Å². The lowest BCUT2D eigenvalue weighted by atomic mass is 10.1. The summed E-state index contributed by atoms with van der Waals surface area (Å²) >= 11 is 0. The Morgan fingerprint density at radius 2 is 1.58 bits per heavy atom. The first-order valence-electron chi connectivity index (χ1n) is 7.64. The molecule has 24 heavy (non-hydrogen) atoms. The molecule has 0 aliphatic carbocycles. The van der Waals surface area contributed by atoms with E-state index < -0.39 is 0 Å². The van der Waals surface area contributed by atoms with E-state index in [4.69, 9.17) is 14.2 Å². The van der Waals surface area contributed by atoms with Crippen LogP contribution in [0.4, 0.5) is 4.79 Å². The Labute approximate surface area is 141 Å². The SMILES string of the molecule is C=CCOC(=O)N1CCN(C(=O)c2cc(OC)cc(OC)c2)CC1. The molecule has 7 heteroatoms. The van der Waals surface area contributed by atoms with E-state index >= 15 is 0 Å². The largest absolute Gasteiger partial charge is 0.497 e. The molecule has 1 aliphatic rings. The van der Waals surface area contributed by atoms with Crippen molar-refractivity contribution in [1.29, 1.82) is 0 Å². The Bertz CT molecular complexity index is 587. The van der Waals surface area contributed by atoms with Gasteiger partial charge in [-0.2, -0.15) is 0 Å². The summed E-state index contributed by atoms with van der Waals surface area (Å²) < 4.78 is 15.4. The van der Waals surface area contributed by atoms with Crippen molar-refractivity contribution in [2.75, 3.05) is 47.0 Å². The van der Waals surface area contributed by atoms with Crippen molar-refractivity contribution in [1.82, 2.24) is 9.80 Å². The van der Waals surface area contributed by atoms with E-state index in [0.717, 1.165) is 0 Å². The van der Waals surface area contributed by atoms with Gasteiger partial charge in [0.2, 0.25) is 0 Å². The average Bonchev–Trinajstić information content (AvgIpc) is 2.65. The van der Waals surface area contributed by atoms with Gasteiger partial charge in [-0.25, -0.2) is 4.79 Å². The number of carbonyl (C=O) groups is 2. The van der Waals surface area contributed by atoms with E-state index in [1.165, 1.54) is 20.3 Å². The summed E-state index contributed by atoms with van der Waals surface area (Å²) in [6.07, 6.45) is 1.14. The van der Waals surface area contributed by atoms with Crippen LogP contribution in [0.2, 0.25) is 0 Å². The van der Waals surface area contributed by atoms with Crippen LogP contribution in [-0.2, 0) is 4.74 Å². The summed E-state index contributed by atoms with van der Waals surface area (Å²) in [5, 5.41) is 0. The van der Waals surface area contributed by atoms with Gasteiger partial charge in [0.05, 0.1) is 14.2 Å². The normalized spacial score (nSPS) is 14.1. The molecular formula is C17H22N2O5. The molecule has 1 aromatic rings. The lowest BCUT2D eigenvalue weighted by molar-refractivity contribution is 0.0580. The summed E-state index contributed by atoms with van der Waals surface area (Å²) in [4.78, 5) is 27.7. The molecule has 0 saturated carbocycles. The van der Waals surface area contributed by atoms with Gasteiger partial charge in [0, 0.05) is 37.8 Å². The number of benzene rings is 1. The first-order chi connectivity index (χ1) is 11.6. The zero-order chi connectivity index (χ0) is 17.5. The van der Waals surface area contributed by atoms with Crippen LogP contribution in [0.15, 0.2) is 30.9 Å². The van der Waals surface area contributed by atoms with Gasteiger partial charge in [-0.1, -0.05) is 12.7 Å². The number of ether oxygens (including phenoxy) is 3. The van der Waals surface area contributed by atoms with Crippen LogP contribution >= 0.6 is 0 Å². The lowest BCUT2D eigenvalue weighted by Crippen LogP contribution is -2.50. The maximum atomic E-state index is 12.7. The van der Waals surface area contributed by atoms with Crippen LogP contribution in [0.5, 0.6) is 11.5 Å². The molecule has 0 spiro atoms. The monoisotopic (exact) mass is 334 g/mol. The Morgan fingerprint density at radius 3 is 2.08 bits per heavy atom. The first kappa shape index (κ1) is 17.7. The third-order valence-electron chi connectivity index (χ3n) is 3.75. The highest BCUT2D eigenvalue weighted by molar-refractivity contribution is 5.95. The summed E-state index contributed by atoms with van der Waals surface area (Å²) in [5.74, 6) is 1.000. The predicted octanol–water partition coefficient (Wildman–Crippen LogP) is 1.78. The van der Waals surface area contributed by atoms with Crippen molar-refractivity contribution in [3.8, 4) is 11.5 Å². The number of hydrogen-bond donors (Lipinski definition) is 0. The number of piperazine rings is 1. The van der Waals surface area contributed by atoms with Crippen LogP contribution in [0.1, 0.15) is 10.4 Å². The molecule has 7 nitrogen and oxygen atoms in total. The second-order valence-electron chi connectivity index (χ2n) is 5.25. The first-order valence-corrected chi connectivity index (χ1v) is 7.64. The maximum absolute atomic E-state index is 12.7. The van der Waals surface area contributed by atoms with Crippen molar-refractivity contribution >= 4 is 12.0 Å². The fourth-order valence-electron chi connectivity index (χ4n) is 2.43. The number of hydrogen-bond acceptors (Lipinski definition) is 5. The Kier molecular flexibility index (Phi) is 6.06. The third kappa shape index (κ3) is 4.18. The molecule has 2 amide bonds. The minimum atomic E-state index is -0.384. The molecule has 1 aliphatic heterocycles. The molecule has 1 saturated heterocycles. The zero-order valence-corrected chi connectivity index (χ0v) is 14.0. The van der Waals surface area contributed by atoms with Gasteiger partial charge in [0.25, 0.3) is 5.91 Å². The van der Waals surface area contributed by atoms with E-state index in [9.17, 15) is 9.59 Å². The molecule has 0 N–H and O–H groups in total. The number of amides is 2. The van der Waals surface area contributed by atoms with E-state index in [0.29, 0.717) is 43.2 Å². The van der Waals surface area contributed by atoms with Crippen LogP contribution in [-0.4, -0.2) is 68.8 Å². The van der Waals surface area contributed by atoms with E-state index in [2.05, 4.69) is 6.58 Å². The molecule has 0 atom stereocenters. The molecule has 1 fully saturated rings. The molecule has 0 bridgehead atoms. The highest BCUT2D eigenvalue weighted by Gasteiger charge is 2.26. The number of rotatable bonds is 5. The Morgan fingerprint density at radius 1 is 1.04 bits per heavy atom. The van der Waals surface area contributed by atoms with Gasteiger partial charge in [0.1, 0.15) is 18.1 Å². The quantitative estimate of drug-likeness (QED) is 0.768. The second-order valence-corrected chi connectivity index (χ2v) is 5.25.